The van der Waals surface area contributed by atoms with Gasteiger partial charge in [0.2, 0.25) is 0 Å². The lowest BCUT2D eigenvalue weighted by Gasteiger charge is -2.34. The summed E-state index contributed by atoms with van der Waals surface area (Å²) in [6, 6.07) is 23.6. The Morgan fingerprint density at radius 2 is 1.72 bits per heavy atom. The van der Waals surface area contributed by atoms with Crippen molar-refractivity contribution in [3.05, 3.63) is 100 Å². The molecule has 1 aromatic heterocycles. The number of Topliss-reactive ketones (excluding diaryl/α,β-unsaturated/α-hetero) is 1. The van der Waals surface area contributed by atoms with E-state index >= 15 is 0 Å². The maximum absolute atomic E-state index is 14.0. The Morgan fingerprint density at radius 1 is 1.00 bits per heavy atom. The van der Waals surface area contributed by atoms with E-state index in [-0.39, 0.29) is 5.78 Å². The summed E-state index contributed by atoms with van der Waals surface area (Å²) in [5, 5.41) is 20.8. The van der Waals surface area contributed by atoms with Crippen LogP contribution in [0.3, 0.4) is 0 Å². The van der Waals surface area contributed by atoms with Crippen LogP contribution in [0.15, 0.2) is 83.5 Å². The van der Waals surface area contributed by atoms with E-state index < -0.39 is 23.4 Å². The highest BCUT2D eigenvalue weighted by Gasteiger charge is 2.63. The molecule has 0 amide bonds. The highest BCUT2D eigenvalue weighted by molar-refractivity contribution is 9.10. The molecule has 5 rings (SSSR count). The van der Waals surface area contributed by atoms with Gasteiger partial charge in [-0.1, -0.05) is 64.5 Å². The minimum atomic E-state index is -1.45. The van der Waals surface area contributed by atoms with Gasteiger partial charge in [0.25, 0.3) is 0 Å². The summed E-state index contributed by atoms with van der Waals surface area (Å²) < 4.78 is 0.886. The second-order valence-electron chi connectivity index (χ2n) is 7.92. The minimum Gasteiger partial charge on any atom is -0.349 e. The first-order valence-electron chi connectivity index (χ1n) is 10.2. The standard InChI is InChI=1S/C26H17BrN4O/c27-19-10-8-17(9-11-19)23-24(25(32)18-5-2-1-3-6-18)31-21-7-4-14-30-20(21)12-13-22(31)26(23,15-28)16-29/h1-14,22-24H/t22-,23+,24-/m1/s1. The third kappa shape index (κ3) is 2.88. The number of anilines is 1. The van der Waals surface area contributed by atoms with Crippen molar-refractivity contribution in [2.45, 2.75) is 18.0 Å². The number of nitrogens with zero attached hydrogens (tertiary/aromatic N) is 4. The van der Waals surface area contributed by atoms with Gasteiger partial charge in [-0.25, -0.2) is 0 Å². The molecule has 6 heteroatoms. The second kappa shape index (κ2) is 7.75. The fraction of sp³-hybridized carbons (Fsp3) is 0.154. The van der Waals surface area contributed by atoms with Crippen molar-refractivity contribution in [1.29, 1.82) is 10.5 Å². The molecule has 2 aromatic carbocycles. The first-order chi connectivity index (χ1) is 15.6. The lowest BCUT2D eigenvalue weighted by Crippen LogP contribution is -2.44. The van der Waals surface area contributed by atoms with Crippen molar-refractivity contribution < 1.29 is 4.79 Å². The van der Waals surface area contributed by atoms with E-state index in [4.69, 9.17) is 0 Å². The van der Waals surface area contributed by atoms with E-state index in [9.17, 15) is 15.3 Å². The lowest BCUT2D eigenvalue weighted by molar-refractivity contribution is 0.0951. The predicted octanol–water partition coefficient (Wildman–Crippen LogP) is 5.13. The van der Waals surface area contributed by atoms with Gasteiger partial charge >= 0.3 is 0 Å². The Morgan fingerprint density at radius 3 is 2.41 bits per heavy atom. The number of fused-ring (bicyclic) bond motifs is 3. The molecule has 2 aliphatic rings. The molecule has 3 heterocycles. The zero-order valence-corrected chi connectivity index (χ0v) is 18.5. The number of carbonyl (C=O) groups excluding carboxylic acids is 1. The summed E-state index contributed by atoms with van der Waals surface area (Å²) in [6.45, 7) is 0. The normalized spacial score (nSPS) is 22.3. The Hall–Kier alpha value is -3.74. The van der Waals surface area contributed by atoms with E-state index in [1.165, 1.54) is 0 Å². The summed E-state index contributed by atoms with van der Waals surface area (Å²) in [5.41, 5.74) is 1.34. The zero-order valence-electron chi connectivity index (χ0n) is 16.9. The summed E-state index contributed by atoms with van der Waals surface area (Å²) in [4.78, 5) is 20.3. The van der Waals surface area contributed by atoms with Crippen LogP contribution >= 0.6 is 15.9 Å². The van der Waals surface area contributed by atoms with Crippen LogP contribution in [-0.2, 0) is 0 Å². The zero-order chi connectivity index (χ0) is 22.3. The van der Waals surface area contributed by atoms with Crippen LogP contribution in [0.1, 0.15) is 27.5 Å². The van der Waals surface area contributed by atoms with Crippen LogP contribution in [0, 0.1) is 28.1 Å². The van der Waals surface area contributed by atoms with Gasteiger partial charge in [-0.15, -0.1) is 0 Å². The number of halogens is 1. The summed E-state index contributed by atoms with van der Waals surface area (Å²) >= 11 is 3.45. The Balaban J connectivity index is 1.79. The molecule has 3 atom stereocenters. The number of hydrogen-bond donors (Lipinski definition) is 0. The average Bonchev–Trinajstić information content (AvgIpc) is 3.15. The van der Waals surface area contributed by atoms with Crippen molar-refractivity contribution in [3.63, 3.8) is 0 Å². The molecule has 3 aromatic rings. The van der Waals surface area contributed by atoms with Gasteiger partial charge in [0.1, 0.15) is 6.04 Å². The molecule has 5 nitrogen and oxygen atoms in total. The van der Waals surface area contributed by atoms with Gasteiger partial charge in [-0.05, 0) is 35.9 Å². The van der Waals surface area contributed by atoms with Gasteiger partial charge in [-0.2, -0.15) is 10.5 Å². The molecule has 0 N–H and O–H groups in total. The fourth-order valence-corrected chi connectivity index (χ4v) is 5.20. The third-order valence-electron chi connectivity index (χ3n) is 6.33. The molecule has 0 saturated carbocycles. The molecule has 0 bridgehead atoms. The molecule has 1 saturated heterocycles. The predicted molar refractivity (Wildman–Crippen MR) is 125 cm³/mol. The molecule has 2 aliphatic heterocycles. The SMILES string of the molecule is N#CC1(C#N)[C@@H](c2ccc(Br)cc2)[C@H](C(=O)c2ccccc2)N2c3cccnc3C=C[C@@H]21. The summed E-state index contributed by atoms with van der Waals surface area (Å²) in [5.74, 6) is -0.778. The molecule has 1 fully saturated rings. The topological polar surface area (TPSA) is 80.8 Å². The molecule has 0 aliphatic carbocycles. The monoisotopic (exact) mass is 480 g/mol. The van der Waals surface area contributed by atoms with Gasteiger partial charge in [0, 0.05) is 22.2 Å². The van der Waals surface area contributed by atoms with Crippen LogP contribution in [-0.4, -0.2) is 22.9 Å². The maximum Gasteiger partial charge on any atom is 0.185 e. The number of aromatic nitrogens is 1. The summed E-state index contributed by atoms with van der Waals surface area (Å²) in [6.07, 6.45) is 5.38. The molecule has 0 radical (unpaired) electrons. The highest BCUT2D eigenvalue weighted by Crippen LogP contribution is 2.55. The lowest BCUT2D eigenvalue weighted by atomic mass is 9.69. The number of rotatable bonds is 3. The van der Waals surface area contributed by atoms with E-state index in [2.05, 4.69) is 33.1 Å². The molecule has 32 heavy (non-hydrogen) atoms. The van der Waals surface area contributed by atoms with Crippen LogP contribution in [0.2, 0.25) is 0 Å². The quantitative estimate of drug-likeness (QED) is 0.485. The first-order valence-corrected chi connectivity index (χ1v) is 11.0. The van der Waals surface area contributed by atoms with Crippen molar-refractivity contribution in [2.75, 3.05) is 4.90 Å². The summed E-state index contributed by atoms with van der Waals surface area (Å²) in [7, 11) is 0. The minimum absolute atomic E-state index is 0.124. The molecular weight excluding hydrogens is 464 g/mol. The third-order valence-corrected chi connectivity index (χ3v) is 6.86. The maximum atomic E-state index is 14.0. The molecule has 154 valence electrons. The van der Waals surface area contributed by atoms with Gasteiger partial charge < -0.3 is 4.90 Å². The molecule has 0 unspecified atom stereocenters. The Bertz CT molecular complexity index is 1290. The van der Waals surface area contributed by atoms with E-state index in [0.717, 1.165) is 21.4 Å². The van der Waals surface area contributed by atoms with Crippen LogP contribution in [0.4, 0.5) is 5.69 Å². The fourth-order valence-electron chi connectivity index (χ4n) is 4.93. The largest absolute Gasteiger partial charge is 0.349 e. The Kier molecular flexibility index (Phi) is 4.89. The van der Waals surface area contributed by atoms with Crippen LogP contribution in [0.25, 0.3) is 6.08 Å². The number of nitriles is 2. The average molecular weight is 481 g/mol. The second-order valence-corrected chi connectivity index (χ2v) is 8.83. The molecular formula is C26H17BrN4O. The van der Waals surface area contributed by atoms with Crippen molar-refractivity contribution in [1.82, 2.24) is 4.98 Å². The number of benzene rings is 2. The number of pyridine rings is 1. The molecule has 0 spiro atoms. The number of hydrogen-bond acceptors (Lipinski definition) is 5. The highest BCUT2D eigenvalue weighted by atomic mass is 79.9. The number of ketones is 1. The number of carbonyl (C=O) groups is 1. The van der Waals surface area contributed by atoms with E-state index in [1.807, 2.05) is 71.6 Å². The van der Waals surface area contributed by atoms with Crippen molar-refractivity contribution in [3.8, 4) is 12.1 Å². The first kappa shape index (κ1) is 20.2. The van der Waals surface area contributed by atoms with Crippen LogP contribution < -0.4 is 4.90 Å². The van der Waals surface area contributed by atoms with Gasteiger partial charge in [0.05, 0.1) is 29.6 Å². The van der Waals surface area contributed by atoms with E-state index in [0.29, 0.717) is 5.56 Å². The van der Waals surface area contributed by atoms with Crippen LogP contribution in [0.5, 0.6) is 0 Å². The Labute approximate surface area is 194 Å². The van der Waals surface area contributed by atoms with Gasteiger partial charge in [0.15, 0.2) is 11.2 Å². The van der Waals surface area contributed by atoms with Crippen molar-refractivity contribution in [2.24, 2.45) is 5.41 Å². The van der Waals surface area contributed by atoms with Gasteiger partial charge in [-0.3, -0.25) is 9.78 Å². The van der Waals surface area contributed by atoms with E-state index in [1.54, 1.807) is 18.3 Å². The van der Waals surface area contributed by atoms with Crippen molar-refractivity contribution >= 4 is 33.5 Å². The smallest absolute Gasteiger partial charge is 0.185 e.